The molecule has 0 unspecified atom stereocenters. The van der Waals surface area contributed by atoms with Gasteiger partial charge in [-0.25, -0.2) is 9.37 Å². The summed E-state index contributed by atoms with van der Waals surface area (Å²) in [5.41, 5.74) is 0.804. The number of hydrogen-bond acceptors (Lipinski definition) is 3. The number of amides is 1. The Morgan fingerprint density at radius 3 is 2.56 bits per heavy atom. The second kappa shape index (κ2) is 8.99. The first-order chi connectivity index (χ1) is 15.9. The summed E-state index contributed by atoms with van der Waals surface area (Å²) < 4.78 is 55.9. The van der Waals surface area contributed by atoms with Crippen LogP contribution >= 0.6 is 27.5 Å². The maximum absolute atomic E-state index is 13.4. The minimum absolute atomic E-state index is 0.0243. The quantitative estimate of drug-likeness (QED) is 0.278. The lowest BCUT2D eigenvalue weighted by atomic mass is 10.1. The Hall–Kier alpha value is -2.98. The first kappa shape index (κ1) is 24.2. The predicted molar refractivity (Wildman–Crippen MR) is 125 cm³/mol. The zero-order valence-corrected chi connectivity index (χ0v) is 20.1. The van der Waals surface area contributed by atoms with Gasteiger partial charge in [0.15, 0.2) is 0 Å². The van der Waals surface area contributed by atoms with Gasteiger partial charge >= 0.3 is 6.18 Å². The summed E-state index contributed by atoms with van der Waals surface area (Å²) in [6.07, 6.45) is -4.72. The maximum atomic E-state index is 13.4. The molecule has 4 aromatic rings. The van der Waals surface area contributed by atoms with E-state index in [1.807, 2.05) is 0 Å². The smallest absolute Gasteiger partial charge is 0.319 e. The number of halogens is 6. The molecule has 2 aromatic carbocycles. The number of nitrogens with one attached hydrogen (secondary N) is 1. The van der Waals surface area contributed by atoms with E-state index < -0.39 is 23.6 Å². The summed E-state index contributed by atoms with van der Waals surface area (Å²) in [5.74, 6) is -1.27. The summed E-state index contributed by atoms with van der Waals surface area (Å²) >= 11 is 9.13. The van der Waals surface area contributed by atoms with E-state index in [1.54, 1.807) is 36.7 Å². The lowest BCUT2D eigenvalue weighted by Gasteiger charge is -2.13. The highest BCUT2D eigenvalue weighted by atomic mass is 79.9. The SMILES string of the molecule is Cc1nn(Cc2ccc(F)c(Cl)c2)c(C)c1NC(=O)c1cc(C(F)(F)F)nc2ccc(Br)cc12. The van der Waals surface area contributed by atoms with Gasteiger partial charge in [-0.1, -0.05) is 33.6 Å². The molecule has 4 rings (SSSR count). The van der Waals surface area contributed by atoms with Gasteiger partial charge in [0.1, 0.15) is 11.5 Å². The number of pyridine rings is 1. The minimum Gasteiger partial charge on any atom is -0.319 e. The highest BCUT2D eigenvalue weighted by molar-refractivity contribution is 9.10. The topological polar surface area (TPSA) is 59.8 Å². The molecule has 34 heavy (non-hydrogen) atoms. The van der Waals surface area contributed by atoms with E-state index in [0.717, 1.165) is 6.07 Å². The summed E-state index contributed by atoms with van der Waals surface area (Å²) in [4.78, 5) is 16.8. The van der Waals surface area contributed by atoms with Crippen LogP contribution in [0.2, 0.25) is 5.02 Å². The number of carbonyl (C=O) groups excluding carboxylic acids is 1. The number of nitrogens with zero attached hydrogens (tertiary/aromatic N) is 3. The number of benzene rings is 2. The van der Waals surface area contributed by atoms with E-state index in [9.17, 15) is 22.4 Å². The Labute approximate surface area is 204 Å². The predicted octanol–water partition coefficient (Wildman–Crippen LogP) is 6.92. The Morgan fingerprint density at radius 2 is 1.88 bits per heavy atom. The molecule has 0 fully saturated rings. The lowest BCUT2D eigenvalue weighted by Crippen LogP contribution is -2.17. The number of hydrogen-bond donors (Lipinski definition) is 1. The first-order valence-electron chi connectivity index (χ1n) is 9.91. The van der Waals surface area contributed by atoms with Crippen LogP contribution in [-0.2, 0) is 12.7 Å². The van der Waals surface area contributed by atoms with Crippen molar-refractivity contribution in [2.45, 2.75) is 26.6 Å². The van der Waals surface area contributed by atoms with Crippen LogP contribution in [0.15, 0.2) is 46.9 Å². The molecule has 2 aromatic heterocycles. The van der Waals surface area contributed by atoms with Gasteiger partial charge in [-0.15, -0.1) is 0 Å². The largest absolute Gasteiger partial charge is 0.433 e. The molecule has 176 valence electrons. The molecule has 2 heterocycles. The first-order valence-corrected chi connectivity index (χ1v) is 11.1. The molecule has 0 radical (unpaired) electrons. The number of anilines is 1. The number of rotatable bonds is 4. The van der Waals surface area contributed by atoms with Crippen molar-refractivity contribution in [2.75, 3.05) is 5.32 Å². The number of aromatic nitrogens is 3. The van der Waals surface area contributed by atoms with E-state index in [2.05, 4.69) is 31.3 Å². The number of fused-ring (bicyclic) bond motifs is 1. The Kier molecular flexibility index (Phi) is 6.39. The van der Waals surface area contributed by atoms with Crippen LogP contribution in [0.4, 0.5) is 23.2 Å². The van der Waals surface area contributed by atoms with Gasteiger partial charge in [0.2, 0.25) is 0 Å². The number of alkyl halides is 3. The van der Waals surface area contributed by atoms with Crippen molar-refractivity contribution in [3.05, 3.63) is 86.0 Å². The number of aryl methyl sites for hydroxylation is 1. The third-order valence-electron chi connectivity index (χ3n) is 5.24. The van der Waals surface area contributed by atoms with Crippen molar-refractivity contribution in [3.63, 3.8) is 0 Å². The summed E-state index contributed by atoms with van der Waals surface area (Å²) in [7, 11) is 0. The molecule has 0 saturated heterocycles. The van der Waals surface area contributed by atoms with Gasteiger partial charge in [-0.05, 0) is 55.8 Å². The zero-order chi connectivity index (χ0) is 24.8. The molecule has 0 aliphatic heterocycles. The van der Waals surface area contributed by atoms with Crippen molar-refractivity contribution >= 4 is 50.0 Å². The Morgan fingerprint density at radius 1 is 1.15 bits per heavy atom. The minimum atomic E-state index is -4.72. The van der Waals surface area contributed by atoms with E-state index in [0.29, 0.717) is 27.1 Å². The van der Waals surface area contributed by atoms with Crippen LogP contribution in [0.5, 0.6) is 0 Å². The van der Waals surface area contributed by atoms with Crippen LogP contribution in [-0.4, -0.2) is 20.7 Å². The second-order valence-electron chi connectivity index (χ2n) is 7.62. The van der Waals surface area contributed by atoms with Crippen molar-refractivity contribution in [3.8, 4) is 0 Å². The van der Waals surface area contributed by atoms with Gasteiger partial charge in [0.05, 0.1) is 39.7 Å². The molecule has 0 aliphatic rings. The average Bonchev–Trinajstić information content (AvgIpc) is 3.02. The molecule has 11 heteroatoms. The van der Waals surface area contributed by atoms with Crippen LogP contribution in [0, 0.1) is 19.7 Å². The molecule has 5 nitrogen and oxygen atoms in total. The van der Waals surface area contributed by atoms with Crippen LogP contribution in [0.1, 0.15) is 33.0 Å². The lowest BCUT2D eigenvalue weighted by molar-refractivity contribution is -0.140. The third-order valence-corrected chi connectivity index (χ3v) is 6.03. The molecule has 1 N–H and O–H groups in total. The zero-order valence-electron chi connectivity index (χ0n) is 17.8. The number of carbonyl (C=O) groups is 1. The van der Waals surface area contributed by atoms with E-state index >= 15 is 0 Å². The highest BCUT2D eigenvalue weighted by Gasteiger charge is 2.34. The summed E-state index contributed by atoms with van der Waals surface area (Å²) in [6.45, 7) is 3.63. The molecule has 0 atom stereocenters. The van der Waals surface area contributed by atoms with Crippen LogP contribution < -0.4 is 5.32 Å². The van der Waals surface area contributed by atoms with Crippen molar-refractivity contribution in [2.24, 2.45) is 0 Å². The Bertz CT molecular complexity index is 1430. The molecular weight excluding hydrogens is 540 g/mol. The monoisotopic (exact) mass is 554 g/mol. The maximum Gasteiger partial charge on any atom is 0.433 e. The molecule has 0 spiro atoms. The molecule has 0 aliphatic carbocycles. The van der Waals surface area contributed by atoms with E-state index in [-0.39, 0.29) is 28.0 Å². The van der Waals surface area contributed by atoms with Crippen LogP contribution in [0.25, 0.3) is 10.9 Å². The molecule has 1 amide bonds. The standard InChI is InChI=1S/C23H16BrClF4N4O/c1-11-21(12(2)33(32-11)10-13-3-5-18(26)17(25)7-13)31-22(34)16-9-20(23(27,28)29)30-19-6-4-14(24)8-15(16)19/h3-9H,10H2,1-2H3,(H,31,34). The van der Waals surface area contributed by atoms with E-state index in [1.165, 1.54) is 18.2 Å². The normalized spacial score (nSPS) is 11.8. The second-order valence-corrected chi connectivity index (χ2v) is 8.94. The third kappa shape index (κ3) is 4.78. The molecular formula is C23H16BrClF4N4O. The average molecular weight is 556 g/mol. The molecule has 0 bridgehead atoms. The van der Waals surface area contributed by atoms with Gasteiger partial charge in [-0.2, -0.15) is 18.3 Å². The van der Waals surface area contributed by atoms with Gasteiger partial charge in [0.25, 0.3) is 5.91 Å². The highest BCUT2D eigenvalue weighted by Crippen LogP contribution is 2.33. The Balaban J connectivity index is 1.70. The fourth-order valence-corrected chi connectivity index (χ4v) is 4.12. The van der Waals surface area contributed by atoms with Crippen molar-refractivity contribution in [1.82, 2.24) is 14.8 Å². The van der Waals surface area contributed by atoms with Crippen molar-refractivity contribution in [1.29, 1.82) is 0 Å². The van der Waals surface area contributed by atoms with E-state index in [4.69, 9.17) is 11.6 Å². The fraction of sp³-hybridized carbons (Fsp3) is 0.174. The van der Waals surface area contributed by atoms with Crippen LogP contribution in [0.3, 0.4) is 0 Å². The summed E-state index contributed by atoms with van der Waals surface area (Å²) in [6, 6.07) is 9.53. The van der Waals surface area contributed by atoms with Gasteiger partial charge in [0, 0.05) is 9.86 Å². The molecule has 0 saturated carbocycles. The van der Waals surface area contributed by atoms with Gasteiger partial charge < -0.3 is 5.32 Å². The summed E-state index contributed by atoms with van der Waals surface area (Å²) in [5, 5.41) is 7.34. The van der Waals surface area contributed by atoms with Gasteiger partial charge in [-0.3, -0.25) is 9.48 Å². The van der Waals surface area contributed by atoms with Crippen molar-refractivity contribution < 1.29 is 22.4 Å². The fourth-order valence-electron chi connectivity index (χ4n) is 3.55.